The van der Waals surface area contributed by atoms with Crippen LogP contribution in [0.2, 0.25) is 0 Å². The minimum atomic E-state index is -4.50. The maximum atomic E-state index is 13.0. The highest BCUT2D eigenvalue weighted by molar-refractivity contribution is 14.1. The molecule has 2 aromatic rings. The van der Waals surface area contributed by atoms with E-state index in [1.54, 1.807) is 0 Å². The van der Waals surface area contributed by atoms with Gasteiger partial charge in [-0.15, -0.1) is 0 Å². The lowest BCUT2D eigenvalue weighted by Gasteiger charge is -2.22. The van der Waals surface area contributed by atoms with Crippen LogP contribution in [0.4, 0.5) is 13.2 Å². The molecule has 2 aromatic heterocycles. The Morgan fingerprint density at radius 2 is 2.00 bits per heavy atom. The van der Waals surface area contributed by atoms with Crippen LogP contribution < -0.4 is 14.2 Å². The first kappa shape index (κ1) is 20.5. The first-order valence-electron chi connectivity index (χ1n) is 9.19. The number of nitrogens with zero attached hydrogens (tertiary/aromatic N) is 3. The molecule has 0 N–H and O–H groups in total. The third kappa shape index (κ3) is 4.85. The number of likely N-dealkylation sites (tertiary alicyclic amines) is 1. The zero-order chi connectivity index (χ0) is 20.6. The molecule has 0 saturated carbocycles. The average molecular weight is 521 g/mol. The summed E-state index contributed by atoms with van der Waals surface area (Å²) in [5.41, 5.74) is -0.101. The fourth-order valence-corrected chi connectivity index (χ4v) is 4.03. The summed E-state index contributed by atoms with van der Waals surface area (Å²) in [6, 6.07) is 6.46. The number of alkyl halides is 3. The van der Waals surface area contributed by atoms with E-state index in [0.29, 0.717) is 47.9 Å². The molecular formula is C19H19F3IN3O3. The lowest BCUT2D eigenvalue weighted by atomic mass is 10.2. The van der Waals surface area contributed by atoms with Crippen LogP contribution in [-0.2, 0) is 12.7 Å². The van der Waals surface area contributed by atoms with E-state index in [1.165, 1.54) is 6.07 Å². The number of aromatic nitrogens is 2. The average Bonchev–Trinajstić information content (AvgIpc) is 2.99. The van der Waals surface area contributed by atoms with E-state index < -0.39 is 11.9 Å². The highest BCUT2D eigenvalue weighted by Gasteiger charge is 2.35. The summed E-state index contributed by atoms with van der Waals surface area (Å²) in [4.78, 5) is 10.3. The Morgan fingerprint density at radius 1 is 1.21 bits per heavy atom. The Morgan fingerprint density at radius 3 is 2.79 bits per heavy atom. The van der Waals surface area contributed by atoms with Gasteiger partial charge in [-0.1, -0.05) is 0 Å². The summed E-state index contributed by atoms with van der Waals surface area (Å²) in [6.45, 7) is 4.21. The quantitative estimate of drug-likeness (QED) is 0.569. The fourth-order valence-electron chi connectivity index (χ4n) is 3.47. The van der Waals surface area contributed by atoms with E-state index in [9.17, 15) is 13.2 Å². The highest BCUT2D eigenvalue weighted by Crippen LogP contribution is 2.32. The molecule has 4 rings (SSSR count). The lowest BCUT2D eigenvalue weighted by Crippen LogP contribution is -2.29. The van der Waals surface area contributed by atoms with Gasteiger partial charge in [-0.05, 0) is 47.7 Å². The minimum Gasteiger partial charge on any atom is -0.484 e. The summed E-state index contributed by atoms with van der Waals surface area (Å²) in [5.74, 6) is 1.14. The van der Waals surface area contributed by atoms with Crippen LogP contribution in [-0.4, -0.2) is 46.8 Å². The first-order valence-corrected chi connectivity index (χ1v) is 10.3. The van der Waals surface area contributed by atoms with Gasteiger partial charge in [-0.3, -0.25) is 4.90 Å². The van der Waals surface area contributed by atoms with Gasteiger partial charge in [-0.25, -0.2) is 9.97 Å². The molecule has 0 bridgehead atoms. The molecule has 0 spiro atoms. The zero-order valence-corrected chi connectivity index (χ0v) is 17.7. The molecule has 2 aliphatic heterocycles. The number of halogens is 4. The van der Waals surface area contributed by atoms with E-state index in [0.717, 1.165) is 11.8 Å². The van der Waals surface area contributed by atoms with Gasteiger partial charge in [0.2, 0.25) is 5.88 Å². The molecule has 156 valence electrons. The summed E-state index contributed by atoms with van der Waals surface area (Å²) in [6.07, 6.45) is -4.05. The van der Waals surface area contributed by atoms with Gasteiger partial charge in [0.05, 0.1) is 5.69 Å². The number of hydrogen-bond acceptors (Lipinski definition) is 6. The molecule has 1 saturated heterocycles. The fraction of sp³-hybridized carbons (Fsp3) is 0.474. The van der Waals surface area contributed by atoms with E-state index in [2.05, 4.69) is 21.8 Å². The molecule has 10 heteroatoms. The number of rotatable bonds is 4. The van der Waals surface area contributed by atoms with Crippen molar-refractivity contribution in [2.24, 2.45) is 0 Å². The Kier molecular flexibility index (Phi) is 5.74. The zero-order valence-electron chi connectivity index (χ0n) is 15.6. The topological polar surface area (TPSA) is 56.7 Å². The number of hydrogen-bond donors (Lipinski definition) is 0. The summed E-state index contributed by atoms with van der Waals surface area (Å²) >= 11 is 1.84. The van der Waals surface area contributed by atoms with Crippen molar-refractivity contribution >= 4 is 22.6 Å². The van der Waals surface area contributed by atoms with Crippen molar-refractivity contribution in [1.29, 1.82) is 0 Å². The minimum absolute atomic E-state index is 0.000675. The SMILES string of the molecule is C[C@H]1C[C@@H](Oc2cc(I)cc(C(F)(F)F)n2)CN1Cc1ccc2c(n1)OCCO2. The molecule has 0 aromatic carbocycles. The van der Waals surface area contributed by atoms with Crippen LogP contribution in [0, 0.1) is 3.57 Å². The van der Waals surface area contributed by atoms with Crippen LogP contribution in [0.3, 0.4) is 0 Å². The van der Waals surface area contributed by atoms with Crippen molar-refractivity contribution in [3.8, 4) is 17.5 Å². The van der Waals surface area contributed by atoms with Crippen molar-refractivity contribution in [1.82, 2.24) is 14.9 Å². The molecule has 29 heavy (non-hydrogen) atoms. The third-order valence-electron chi connectivity index (χ3n) is 4.84. The molecule has 0 aliphatic carbocycles. The maximum absolute atomic E-state index is 13.0. The first-order chi connectivity index (χ1) is 13.8. The molecule has 2 atom stereocenters. The second-order valence-corrected chi connectivity index (χ2v) is 8.31. The summed E-state index contributed by atoms with van der Waals surface area (Å²) < 4.78 is 56.2. The van der Waals surface area contributed by atoms with Gasteiger partial charge in [-0.2, -0.15) is 13.2 Å². The number of fused-ring (bicyclic) bond motifs is 1. The van der Waals surface area contributed by atoms with E-state index in [4.69, 9.17) is 14.2 Å². The van der Waals surface area contributed by atoms with Crippen molar-refractivity contribution in [3.63, 3.8) is 0 Å². The van der Waals surface area contributed by atoms with Gasteiger partial charge in [0.1, 0.15) is 25.0 Å². The maximum Gasteiger partial charge on any atom is 0.433 e. The molecule has 0 radical (unpaired) electrons. The second kappa shape index (κ2) is 8.13. The molecule has 0 unspecified atom stereocenters. The van der Waals surface area contributed by atoms with E-state index >= 15 is 0 Å². The lowest BCUT2D eigenvalue weighted by molar-refractivity contribution is -0.141. The van der Waals surface area contributed by atoms with Crippen LogP contribution in [0.1, 0.15) is 24.7 Å². The molecule has 2 aliphatic rings. The van der Waals surface area contributed by atoms with Crippen molar-refractivity contribution in [3.05, 3.63) is 39.2 Å². The number of pyridine rings is 2. The largest absolute Gasteiger partial charge is 0.484 e. The molecule has 6 nitrogen and oxygen atoms in total. The second-order valence-electron chi connectivity index (χ2n) is 7.06. The predicted molar refractivity (Wildman–Crippen MR) is 106 cm³/mol. The third-order valence-corrected chi connectivity index (χ3v) is 5.46. The van der Waals surface area contributed by atoms with Crippen molar-refractivity contribution in [2.45, 2.75) is 38.2 Å². The van der Waals surface area contributed by atoms with Gasteiger partial charge < -0.3 is 14.2 Å². The highest BCUT2D eigenvalue weighted by atomic mass is 127. The summed E-state index contributed by atoms with van der Waals surface area (Å²) in [5, 5.41) is 0. The Hall–Kier alpha value is -1.82. The van der Waals surface area contributed by atoms with Crippen LogP contribution in [0.15, 0.2) is 24.3 Å². The van der Waals surface area contributed by atoms with Crippen molar-refractivity contribution < 1.29 is 27.4 Å². The Bertz CT molecular complexity index is 897. The Balaban J connectivity index is 1.42. The van der Waals surface area contributed by atoms with Gasteiger partial charge >= 0.3 is 6.18 Å². The molecule has 0 amide bonds. The molecular weight excluding hydrogens is 502 g/mol. The van der Waals surface area contributed by atoms with Gasteiger partial charge in [0.25, 0.3) is 5.88 Å². The normalized spacial score (nSPS) is 22.0. The van der Waals surface area contributed by atoms with Crippen molar-refractivity contribution in [2.75, 3.05) is 19.8 Å². The monoisotopic (exact) mass is 521 g/mol. The van der Waals surface area contributed by atoms with Gasteiger partial charge in [0.15, 0.2) is 5.75 Å². The Labute approximate surface area is 179 Å². The van der Waals surface area contributed by atoms with Crippen LogP contribution in [0.5, 0.6) is 17.5 Å². The van der Waals surface area contributed by atoms with Crippen LogP contribution >= 0.6 is 22.6 Å². The number of ether oxygens (including phenoxy) is 3. The van der Waals surface area contributed by atoms with E-state index in [-0.39, 0.29) is 18.0 Å². The molecule has 4 heterocycles. The standard InChI is InChI=1S/C19H19F3IN3O3/c1-11-6-14(29-17-8-12(23)7-16(25-17)19(20,21)22)10-26(11)9-13-2-3-15-18(24-13)28-5-4-27-15/h2-3,7-8,11,14H,4-6,9-10H2,1H3/t11-,14+/m0/s1. The summed E-state index contributed by atoms with van der Waals surface area (Å²) in [7, 11) is 0. The van der Waals surface area contributed by atoms with Crippen LogP contribution in [0.25, 0.3) is 0 Å². The van der Waals surface area contributed by atoms with E-state index in [1.807, 2.05) is 34.7 Å². The predicted octanol–water partition coefficient (Wildman–Crippen LogP) is 3.91. The smallest absolute Gasteiger partial charge is 0.433 e. The van der Waals surface area contributed by atoms with Gasteiger partial charge in [0, 0.05) is 35.2 Å². The molecule has 1 fully saturated rings.